The summed E-state index contributed by atoms with van der Waals surface area (Å²) >= 11 is 2.32. The third kappa shape index (κ3) is 3.53. The minimum Gasteiger partial charge on any atom is -0.323 e. The molecule has 4 rings (SSSR count). The highest BCUT2D eigenvalue weighted by Gasteiger charge is 2.16. The average molecular weight is 400 g/mol. The minimum absolute atomic E-state index is 0.136. The third-order valence-electron chi connectivity index (χ3n) is 3.84. The van der Waals surface area contributed by atoms with Gasteiger partial charge in [0, 0.05) is 7.05 Å². The highest BCUT2D eigenvalue weighted by molar-refractivity contribution is 7.99. The summed E-state index contributed by atoms with van der Waals surface area (Å²) in [5.74, 6) is -0.0190. The first-order valence-corrected chi connectivity index (χ1v) is 9.63. The number of nitrogens with zero attached hydrogens (tertiary/aromatic N) is 5. The van der Waals surface area contributed by atoms with Crippen LogP contribution in [0, 0.1) is 5.82 Å². The fourth-order valence-electron chi connectivity index (χ4n) is 2.54. The van der Waals surface area contributed by atoms with Crippen molar-refractivity contribution in [2.75, 3.05) is 11.1 Å². The molecule has 136 valence electrons. The molecule has 0 aliphatic rings. The Morgan fingerprint density at radius 3 is 2.89 bits per heavy atom. The first-order chi connectivity index (χ1) is 13.1. The number of carbonyl (C=O) groups is 1. The Bertz CT molecular complexity index is 1130. The number of thioether (sulfide) groups is 1. The third-order valence-corrected chi connectivity index (χ3v) is 5.40. The van der Waals surface area contributed by atoms with E-state index in [4.69, 9.17) is 0 Å². The van der Waals surface area contributed by atoms with Gasteiger partial charge >= 0.3 is 0 Å². The molecule has 2 aromatic carbocycles. The highest BCUT2D eigenvalue weighted by atomic mass is 32.2. The second kappa shape index (κ2) is 7.41. The maximum Gasteiger partial charge on any atom is 0.234 e. The molecule has 0 radical (unpaired) electrons. The number of hydrogen-bond acceptors (Lipinski definition) is 7. The van der Waals surface area contributed by atoms with E-state index in [1.165, 1.54) is 17.8 Å². The molecule has 0 aliphatic heterocycles. The predicted octanol–water partition coefficient (Wildman–Crippen LogP) is 3.36. The summed E-state index contributed by atoms with van der Waals surface area (Å²) in [5, 5.41) is 11.5. The van der Waals surface area contributed by atoms with E-state index in [1.807, 2.05) is 12.1 Å². The van der Waals surface area contributed by atoms with Gasteiger partial charge in [0.2, 0.25) is 5.91 Å². The van der Waals surface area contributed by atoms with Gasteiger partial charge in [-0.25, -0.2) is 4.39 Å². The predicted molar refractivity (Wildman–Crippen MR) is 103 cm³/mol. The van der Waals surface area contributed by atoms with Crippen LogP contribution in [0.3, 0.4) is 0 Å². The number of nitrogens with one attached hydrogen (secondary N) is 1. The van der Waals surface area contributed by atoms with Gasteiger partial charge in [0.05, 0.1) is 28.7 Å². The molecule has 4 aromatic rings. The lowest BCUT2D eigenvalue weighted by Crippen LogP contribution is -2.14. The van der Waals surface area contributed by atoms with Gasteiger partial charge in [0.1, 0.15) is 16.9 Å². The van der Waals surface area contributed by atoms with Crippen LogP contribution >= 0.6 is 23.5 Å². The van der Waals surface area contributed by atoms with Crippen molar-refractivity contribution in [2.45, 2.75) is 5.16 Å². The van der Waals surface area contributed by atoms with Gasteiger partial charge in [0.25, 0.3) is 0 Å². The van der Waals surface area contributed by atoms with Crippen molar-refractivity contribution >= 4 is 46.1 Å². The van der Waals surface area contributed by atoms with Crippen molar-refractivity contribution in [2.24, 2.45) is 7.05 Å². The Hall–Kier alpha value is -2.85. The molecule has 2 aromatic heterocycles. The van der Waals surface area contributed by atoms with Crippen LogP contribution in [-0.2, 0) is 11.8 Å². The first-order valence-electron chi connectivity index (χ1n) is 7.91. The summed E-state index contributed by atoms with van der Waals surface area (Å²) in [4.78, 5) is 12.3. The van der Waals surface area contributed by atoms with Gasteiger partial charge < -0.3 is 9.88 Å². The van der Waals surface area contributed by atoms with Crippen molar-refractivity contribution in [3.8, 4) is 11.4 Å². The second-order valence-corrected chi connectivity index (χ2v) is 7.09. The highest BCUT2D eigenvalue weighted by Crippen LogP contribution is 2.25. The van der Waals surface area contributed by atoms with Crippen LogP contribution in [0.25, 0.3) is 22.4 Å². The molecule has 0 saturated carbocycles. The lowest BCUT2D eigenvalue weighted by atomic mass is 10.2. The topological polar surface area (TPSA) is 85.6 Å². The quantitative estimate of drug-likeness (QED) is 0.517. The number of rotatable bonds is 5. The van der Waals surface area contributed by atoms with E-state index in [1.54, 1.807) is 35.9 Å². The lowest BCUT2D eigenvalue weighted by Gasteiger charge is -2.06. The molecule has 2 heterocycles. The maximum atomic E-state index is 14.0. The molecule has 0 unspecified atom stereocenters. The number of anilines is 1. The van der Waals surface area contributed by atoms with Crippen LogP contribution in [0.5, 0.6) is 0 Å². The number of benzene rings is 2. The molecule has 10 heteroatoms. The number of carbonyl (C=O) groups excluding carboxylic acids is 1. The largest absolute Gasteiger partial charge is 0.323 e. The summed E-state index contributed by atoms with van der Waals surface area (Å²) in [6.45, 7) is 0. The van der Waals surface area contributed by atoms with Gasteiger partial charge in [-0.2, -0.15) is 8.75 Å². The van der Waals surface area contributed by atoms with Crippen molar-refractivity contribution in [3.63, 3.8) is 0 Å². The zero-order valence-electron chi connectivity index (χ0n) is 14.1. The van der Waals surface area contributed by atoms with Crippen molar-refractivity contribution < 1.29 is 9.18 Å². The van der Waals surface area contributed by atoms with Crippen LogP contribution in [-0.4, -0.2) is 35.2 Å². The molecule has 1 amide bonds. The molecule has 1 N–H and O–H groups in total. The van der Waals surface area contributed by atoms with E-state index in [-0.39, 0.29) is 17.5 Å². The van der Waals surface area contributed by atoms with E-state index < -0.39 is 0 Å². The second-order valence-electron chi connectivity index (χ2n) is 5.62. The molecule has 7 nitrogen and oxygen atoms in total. The number of amides is 1. The zero-order valence-corrected chi connectivity index (χ0v) is 15.7. The molecule has 0 saturated heterocycles. The number of aromatic nitrogens is 5. The Balaban J connectivity index is 1.45. The molecular weight excluding hydrogens is 387 g/mol. The SMILES string of the molecule is Cn1c(SCC(=O)Nc2cccc3nsnc23)nnc1-c1ccccc1F. The van der Waals surface area contributed by atoms with E-state index in [2.05, 4.69) is 24.3 Å². The van der Waals surface area contributed by atoms with E-state index in [0.717, 1.165) is 17.2 Å². The fraction of sp³-hybridized carbons (Fsp3) is 0.118. The summed E-state index contributed by atoms with van der Waals surface area (Å²) < 4.78 is 24.0. The Labute approximate surface area is 162 Å². The molecule has 0 aliphatic carbocycles. The smallest absolute Gasteiger partial charge is 0.234 e. The molecule has 0 fully saturated rings. The van der Waals surface area contributed by atoms with E-state index in [9.17, 15) is 9.18 Å². The summed E-state index contributed by atoms with van der Waals surface area (Å²) in [7, 11) is 1.74. The van der Waals surface area contributed by atoms with Gasteiger partial charge in [-0.1, -0.05) is 30.0 Å². The summed E-state index contributed by atoms with van der Waals surface area (Å²) in [6, 6.07) is 11.8. The standard InChI is InChI=1S/C17H13FN6OS2/c1-24-16(10-5-2-3-6-11(10)18)20-21-17(24)26-9-14(25)19-12-7-4-8-13-15(12)23-27-22-13/h2-8H,9H2,1H3,(H,19,25). The van der Waals surface area contributed by atoms with Gasteiger partial charge in [-0.05, 0) is 24.3 Å². The van der Waals surface area contributed by atoms with E-state index in [0.29, 0.717) is 27.7 Å². The van der Waals surface area contributed by atoms with Gasteiger partial charge in [-0.3, -0.25) is 4.79 Å². The lowest BCUT2D eigenvalue weighted by molar-refractivity contribution is -0.113. The summed E-state index contributed by atoms with van der Waals surface area (Å²) in [5.41, 5.74) is 2.40. The minimum atomic E-state index is -0.368. The van der Waals surface area contributed by atoms with Crippen molar-refractivity contribution in [1.82, 2.24) is 23.5 Å². The molecule has 0 spiro atoms. The summed E-state index contributed by atoms with van der Waals surface area (Å²) in [6.07, 6.45) is 0. The average Bonchev–Trinajstić information content (AvgIpc) is 3.28. The van der Waals surface area contributed by atoms with Crippen LogP contribution in [0.1, 0.15) is 0 Å². The Morgan fingerprint density at radius 1 is 1.19 bits per heavy atom. The van der Waals surface area contributed by atoms with Crippen LogP contribution in [0.4, 0.5) is 10.1 Å². The van der Waals surface area contributed by atoms with Crippen molar-refractivity contribution in [3.05, 3.63) is 48.3 Å². The maximum absolute atomic E-state index is 14.0. The molecule has 0 bridgehead atoms. The number of fused-ring (bicyclic) bond motifs is 1. The van der Waals surface area contributed by atoms with Crippen LogP contribution < -0.4 is 5.32 Å². The number of halogens is 1. The zero-order chi connectivity index (χ0) is 18.8. The number of hydrogen-bond donors (Lipinski definition) is 1. The normalized spacial score (nSPS) is 11.0. The first kappa shape index (κ1) is 17.6. The Morgan fingerprint density at radius 2 is 2.04 bits per heavy atom. The Kier molecular flexibility index (Phi) is 4.82. The van der Waals surface area contributed by atoms with Crippen molar-refractivity contribution in [1.29, 1.82) is 0 Å². The molecular formula is C17H13FN6OS2. The van der Waals surface area contributed by atoms with Gasteiger partial charge in [0.15, 0.2) is 11.0 Å². The molecule has 27 heavy (non-hydrogen) atoms. The monoisotopic (exact) mass is 400 g/mol. The van der Waals surface area contributed by atoms with Crippen LogP contribution in [0.2, 0.25) is 0 Å². The fourth-order valence-corrected chi connectivity index (χ4v) is 3.80. The van der Waals surface area contributed by atoms with Crippen LogP contribution in [0.15, 0.2) is 47.6 Å². The van der Waals surface area contributed by atoms with Gasteiger partial charge in [-0.15, -0.1) is 10.2 Å². The van der Waals surface area contributed by atoms with E-state index >= 15 is 0 Å². The molecule has 0 atom stereocenters.